The van der Waals surface area contributed by atoms with Crippen LogP contribution in [0, 0.1) is 0 Å². The summed E-state index contributed by atoms with van der Waals surface area (Å²) in [6.45, 7) is 0. The zero-order valence-corrected chi connectivity index (χ0v) is 17.5. The molecule has 2 N–H and O–H groups in total. The molecule has 4 aromatic rings. The number of hydrogen-bond donors (Lipinski definition) is 2. The molecule has 2 aromatic heterocycles. The molecule has 0 bridgehead atoms. The van der Waals surface area contributed by atoms with Crippen molar-refractivity contribution in [1.29, 1.82) is 0 Å². The molecule has 146 valence electrons. The average Bonchev–Trinajstić information content (AvgIpc) is 3.13. The zero-order chi connectivity index (χ0) is 20.4. The molecule has 1 atom stereocenters. The number of benzene rings is 2. The summed E-state index contributed by atoms with van der Waals surface area (Å²) < 4.78 is 1.10. The molecule has 1 unspecified atom stereocenters. The van der Waals surface area contributed by atoms with Crippen molar-refractivity contribution >= 4 is 50.4 Å². The van der Waals surface area contributed by atoms with E-state index in [-0.39, 0.29) is 5.76 Å². The molecule has 0 aliphatic rings. The van der Waals surface area contributed by atoms with Crippen LogP contribution in [0.3, 0.4) is 0 Å². The van der Waals surface area contributed by atoms with Crippen LogP contribution in [0.2, 0.25) is 10.0 Å². The molecular formula is C23H17Cl2NO2S. The van der Waals surface area contributed by atoms with Crippen molar-refractivity contribution in [1.82, 2.24) is 4.98 Å². The number of hydrogen-bond acceptors (Lipinski definition) is 4. The van der Waals surface area contributed by atoms with Gasteiger partial charge in [-0.2, -0.15) is 0 Å². The molecular weight excluding hydrogens is 425 g/mol. The Labute approximate surface area is 182 Å². The van der Waals surface area contributed by atoms with Gasteiger partial charge in [0.05, 0.1) is 0 Å². The standard InChI is InChI=1S/C23H17Cl2NO2S/c24-17-5-1-3-14(9-17)22(27)20(23(28)15-4-2-8-26-12-15)10-16-13-29-21-7-6-18(25)11-19(16)21/h1-9,11-13,23,27-28H,10H2/b22-20+. The van der Waals surface area contributed by atoms with Crippen LogP contribution in [0.25, 0.3) is 15.8 Å². The van der Waals surface area contributed by atoms with Crippen LogP contribution in [0.5, 0.6) is 0 Å². The Balaban J connectivity index is 1.83. The van der Waals surface area contributed by atoms with Gasteiger partial charge < -0.3 is 10.2 Å². The van der Waals surface area contributed by atoms with Gasteiger partial charge in [0.1, 0.15) is 11.9 Å². The van der Waals surface area contributed by atoms with Crippen LogP contribution in [0.4, 0.5) is 0 Å². The first-order valence-electron chi connectivity index (χ1n) is 8.94. The fraction of sp³-hybridized carbons (Fsp3) is 0.0870. The summed E-state index contributed by atoms with van der Waals surface area (Å²) in [5, 5.41) is 26.4. The lowest BCUT2D eigenvalue weighted by atomic mass is 9.93. The summed E-state index contributed by atoms with van der Waals surface area (Å²) >= 11 is 13.9. The molecule has 29 heavy (non-hydrogen) atoms. The molecule has 2 heterocycles. The molecule has 0 aliphatic heterocycles. The fourth-order valence-electron chi connectivity index (χ4n) is 3.27. The third-order valence-electron chi connectivity index (χ3n) is 4.73. The number of nitrogens with zero attached hydrogens (tertiary/aromatic N) is 1. The van der Waals surface area contributed by atoms with E-state index in [1.165, 1.54) is 0 Å². The second kappa shape index (κ2) is 8.56. The predicted molar refractivity (Wildman–Crippen MR) is 121 cm³/mol. The van der Waals surface area contributed by atoms with Crippen LogP contribution in [-0.4, -0.2) is 15.2 Å². The van der Waals surface area contributed by atoms with E-state index in [1.807, 2.05) is 23.6 Å². The van der Waals surface area contributed by atoms with Crippen LogP contribution in [0.15, 0.2) is 77.9 Å². The Morgan fingerprint density at radius 2 is 1.86 bits per heavy atom. The predicted octanol–water partition coefficient (Wildman–Crippen LogP) is 6.85. The lowest BCUT2D eigenvalue weighted by molar-refractivity contribution is 0.210. The molecule has 3 nitrogen and oxygen atoms in total. The number of fused-ring (bicyclic) bond motifs is 1. The lowest BCUT2D eigenvalue weighted by Gasteiger charge is -2.18. The Kier molecular flexibility index (Phi) is 5.88. The van der Waals surface area contributed by atoms with E-state index < -0.39 is 6.10 Å². The van der Waals surface area contributed by atoms with Gasteiger partial charge in [0, 0.05) is 50.3 Å². The molecule has 4 rings (SSSR count). The van der Waals surface area contributed by atoms with Crippen LogP contribution < -0.4 is 0 Å². The number of thiophene rings is 1. The minimum atomic E-state index is -1.02. The second-order valence-corrected chi connectivity index (χ2v) is 8.44. The molecule has 0 fully saturated rings. The van der Waals surface area contributed by atoms with E-state index in [0.717, 1.165) is 15.6 Å². The average molecular weight is 442 g/mol. The Bertz CT molecular complexity index is 1190. The summed E-state index contributed by atoms with van der Waals surface area (Å²) in [7, 11) is 0. The minimum absolute atomic E-state index is 0.00484. The molecule has 0 saturated heterocycles. The number of rotatable bonds is 5. The van der Waals surface area contributed by atoms with Crippen molar-refractivity contribution in [2.75, 3.05) is 0 Å². The highest BCUT2D eigenvalue weighted by Gasteiger charge is 2.21. The van der Waals surface area contributed by atoms with Gasteiger partial charge in [-0.15, -0.1) is 11.3 Å². The van der Waals surface area contributed by atoms with Gasteiger partial charge in [-0.05, 0) is 52.7 Å². The van der Waals surface area contributed by atoms with Crippen LogP contribution >= 0.6 is 34.5 Å². The lowest BCUT2D eigenvalue weighted by Crippen LogP contribution is -2.08. The van der Waals surface area contributed by atoms with E-state index in [1.54, 1.807) is 60.1 Å². The number of aliphatic hydroxyl groups is 2. The zero-order valence-electron chi connectivity index (χ0n) is 15.2. The van der Waals surface area contributed by atoms with E-state index in [9.17, 15) is 10.2 Å². The van der Waals surface area contributed by atoms with Gasteiger partial charge in [-0.25, -0.2) is 0 Å². The van der Waals surface area contributed by atoms with Crippen LogP contribution in [-0.2, 0) is 6.42 Å². The first kappa shape index (κ1) is 19.9. The highest BCUT2D eigenvalue weighted by Crippen LogP contribution is 2.35. The third kappa shape index (κ3) is 4.31. The van der Waals surface area contributed by atoms with Gasteiger partial charge >= 0.3 is 0 Å². The van der Waals surface area contributed by atoms with Crippen LogP contribution in [0.1, 0.15) is 22.8 Å². The van der Waals surface area contributed by atoms with Gasteiger partial charge in [0.25, 0.3) is 0 Å². The van der Waals surface area contributed by atoms with Gasteiger partial charge in [0.15, 0.2) is 0 Å². The maximum absolute atomic E-state index is 11.1. The summed E-state index contributed by atoms with van der Waals surface area (Å²) in [6, 6.07) is 16.2. The summed E-state index contributed by atoms with van der Waals surface area (Å²) in [5.74, 6) is 0.00484. The molecule has 0 spiro atoms. The van der Waals surface area contributed by atoms with E-state index in [4.69, 9.17) is 23.2 Å². The Morgan fingerprint density at radius 3 is 2.62 bits per heavy atom. The van der Waals surface area contributed by atoms with Crippen molar-refractivity contribution in [2.24, 2.45) is 0 Å². The summed E-state index contributed by atoms with van der Waals surface area (Å²) in [5.41, 5.74) is 2.61. The normalized spacial score (nSPS) is 13.3. The molecule has 0 saturated carbocycles. The fourth-order valence-corrected chi connectivity index (χ4v) is 4.57. The SMILES string of the molecule is O/C(=C(\Cc1csc2ccc(Cl)cc12)C(O)c1cccnc1)c1cccc(Cl)c1. The molecule has 0 amide bonds. The molecule has 6 heteroatoms. The highest BCUT2D eigenvalue weighted by molar-refractivity contribution is 7.17. The smallest absolute Gasteiger partial charge is 0.125 e. The maximum atomic E-state index is 11.1. The van der Waals surface area contributed by atoms with Gasteiger partial charge in [0.2, 0.25) is 0 Å². The molecule has 0 radical (unpaired) electrons. The molecule has 0 aliphatic carbocycles. The number of aliphatic hydroxyl groups excluding tert-OH is 2. The first-order valence-corrected chi connectivity index (χ1v) is 10.6. The first-order chi connectivity index (χ1) is 14.0. The number of halogens is 2. The quantitative estimate of drug-likeness (QED) is 0.333. The van der Waals surface area contributed by atoms with E-state index in [2.05, 4.69) is 4.98 Å². The monoisotopic (exact) mass is 441 g/mol. The largest absolute Gasteiger partial charge is 0.507 e. The topological polar surface area (TPSA) is 53.4 Å². The van der Waals surface area contributed by atoms with Crippen molar-refractivity contribution in [3.8, 4) is 0 Å². The number of aromatic nitrogens is 1. The Hall–Kier alpha value is -2.37. The number of pyridine rings is 1. The Morgan fingerprint density at radius 1 is 1.03 bits per heavy atom. The van der Waals surface area contributed by atoms with Crippen molar-refractivity contribution < 1.29 is 10.2 Å². The molecule has 2 aromatic carbocycles. The van der Waals surface area contributed by atoms with Gasteiger partial charge in [-0.1, -0.05) is 41.4 Å². The maximum Gasteiger partial charge on any atom is 0.125 e. The highest BCUT2D eigenvalue weighted by atomic mass is 35.5. The third-order valence-corrected chi connectivity index (χ3v) is 6.21. The van der Waals surface area contributed by atoms with Crippen molar-refractivity contribution in [3.63, 3.8) is 0 Å². The van der Waals surface area contributed by atoms with Crippen molar-refractivity contribution in [2.45, 2.75) is 12.5 Å². The van der Waals surface area contributed by atoms with E-state index in [0.29, 0.717) is 33.2 Å². The second-order valence-electron chi connectivity index (χ2n) is 6.65. The van der Waals surface area contributed by atoms with Crippen molar-refractivity contribution in [3.05, 3.63) is 105 Å². The van der Waals surface area contributed by atoms with E-state index >= 15 is 0 Å². The summed E-state index contributed by atoms with van der Waals surface area (Å²) in [6.07, 6.45) is 2.58. The minimum Gasteiger partial charge on any atom is -0.507 e. The van der Waals surface area contributed by atoms with Gasteiger partial charge in [-0.3, -0.25) is 4.98 Å². The summed E-state index contributed by atoms with van der Waals surface area (Å²) in [4.78, 5) is 4.09.